The standard InChI is InChI=1S/C59H62F2N9O12P/c60-53(61)37-18-22-43-38(30-37)31-45(63-43)55(75)65-46-33-68(51(73)15-8-3-1-2-5-10-34-13-9-14-41-42(34)32-69(58(41)78)47-25-27-50(72)66-56(47)76)29-28-39-19-24-48(70(39)59(46)79)57(77)64-44(23-26-49(62)71)54(74)67-52(35-11-6-4-7-12-35)36-16-20-40(21-17-36)83(80,81)82/h4,6-7,9,11-14,16-18,20-22,30-31,39,44,46-48,52-53,63H,1-3,8,15,19,23-29,32-33H2,(H2,62,71)(H,64,77)(H,65,75)(H,67,74)(H,66,72,76)(H2,80,81,82)/t39-,44+,46+,47?,48+,52?/m1/s1. The van der Waals surface area contributed by atoms with Crippen LogP contribution >= 0.6 is 7.60 Å². The van der Waals surface area contributed by atoms with Crippen LogP contribution in [0.3, 0.4) is 0 Å². The van der Waals surface area contributed by atoms with Gasteiger partial charge in [0.1, 0.15) is 29.9 Å². The molecule has 2 unspecified atom stereocenters. The number of nitrogens with one attached hydrogen (secondary N) is 5. The molecule has 3 saturated heterocycles. The summed E-state index contributed by atoms with van der Waals surface area (Å²) in [6.45, 7) is 0.0475. The van der Waals surface area contributed by atoms with Gasteiger partial charge in [-0.1, -0.05) is 72.9 Å². The monoisotopic (exact) mass is 1160 g/mol. The van der Waals surface area contributed by atoms with Crippen LogP contribution in [0.1, 0.15) is 138 Å². The number of hydrogen-bond acceptors (Lipinski definition) is 10. The summed E-state index contributed by atoms with van der Waals surface area (Å²) in [5, 5.41) is 10.8. The molecule has 1 aromatic heterocycles. The van der Waals surface area contributed by atoms with Gasteiger partial charge in [-0.2, -0.15) is 0 Å². The zero-order valence-corrected chi connectivity index (χ0v) is 45.9. The van der Waals surface area contributed by atoms with E-state index < -0.39 is 85.7 Å². The van der Waals surface area contributed by atoms with E-state index in [2.05, 4.69) is 38.1 Å². The first-order valence-corrected chi connectivity index (χ1v) is 29.0. The molecule has 0 spiro atoms. The van der Waals surface area contributed by atoms with Gasteiger partial charge in [0.05, 0.1) is 11.3 Å². The van der Waals surface area contributed by atoms with Gasteiger partial charge in [0.25, 0.3) is 18.2 Å². The van der Waals surface area contributed by atoms with E-state index in [-0.39, 0.29) is 98.9 Å². The molecule has 24 heteroatoms. The van der Waals surface area contributed by atoms with Gasteiger partial charge in [0, 0.05) is 79.0 Å². The Kier molecular flexibility index (Phi) is 18.3. The number of rotatable bonds is 19. The summed E-state index contributed by atoms with van der Waals surface area (Å²) in [5.74, 6) is 1.16. The maximum atomic E-state index is 15.0. The zero-order chi connectivity index (χ0) is 59.1. The summed E-state index contributed by atoms with van der Waals surface area (Å²) in [6, 6.07) is 18.3. The van der Waals surface area contributed by atoms with Crippen molar-refractivity contribution in [3.05, 3.63) is 136 Å². The van der Waals surface area contributed by atoms with Crippen LogP contribution in [0.5, 0.6) is 0 Å². The molecule has 5 aromatic rings. The predicted molar refractivity (Wildman–Crippen MR) is 297 cm³/mol. The molecule has 9 rings (SSSR count). The lowest BCUT2D eigenvalue weighted by Crippen LogP contribution is -2.62. The average molecular weight is 1160 g/mol. The second-order valence-electron chi connectivity index (χ2n) is 21.1. The second-order valence-corrected chi connectivity index (χ2v) is 22.7. The van der Waals surface area contributed by atoms with Crippen molar-refractivity contribution in [2.75, 3.05) is 13.1 Å². The molecule has 0 radical (unpaired) electrons. The lowest BCUT2D eigenvalue weighted by molar-refractivity contribution is -0.145. The van der Waals surface area contributed by atoms with Crippen molar-refractivity contribution in [1.29, 1.82) is 0 Å². The molecule has 4 aliphatic heterocycles. The van der Waals surface area contributed by atoms with E-state index in [1.54, 1.807) is 48.5 Å². The molecule has 3 fully saturated rings. The Labute approximate surface area is 475 Å². The maximum Gasteiger partial charge on any atom is 0.356 e. The summed E-state index contributed by atoms with van der Waals surface area (Å²) in [6.07, 6.45) is 0.0195. The average Bonchev–Trinajstić information content (AvgIpc) is 2.91. The molecular weight excluding hydrogens is 1100 g/mol. The van der Waals surface area contributed by atoms with Crippen LogP contribution < -0.4 is 32.3 Å². The van der Waals surface area contributed by atoms with Crippen molar-refractivity contribution < 1.29 is 66.3 Å². The summed E-state index contributed by atoms with van der Waals surface area (Å²) >= 11 is 0. The van der Waals surface area contributed by atoms with Gasteiger partial charge in [-0.15, -0.1) is 0 Å². The number of carbonyl (C=O) groups excluding carboxylic acids is 9. The summed E-state index contributed by atoms with van der Waals surface area (Å²) in [5.41, 5.74) is 8.43. The van der Waals surface area contributed by atoms with E-state index in [0.717, 1.165) is 0 Å². The van der Waals surface area contributed by atoms with Gasteiger partial charge in [-0.25, -0.2) is 8.78 Å². The number of amides is 9. The summed E-state index contributed by atoms with van der Waals surface area (Å²) in [4.78, 5) is 148. The number of H-pyrrole nitrogens is 1. The lowest BCUT2D eigenvalue weighted by Gasteiger charge is -2.39. The third-order valence-electron chi connectivity index (χ3n) is 15.6. The highest BCUT2D eigenvalue weighted by molar-refractivity contribution is 7.60. The van der Waals surface area contributed by atoms with Crippen LogP contribution in [-0.2, 0) is 44.7 Å². The number of halogens is 2. The van der Waals surface area contributed by atoms with Crippen LogP contribution in [-0.4, -0.2) is 126 Å². The van der Waals surface area contributed by atoms with Gasteiger partial charge in [0.15, 0.2) is 0 Å². The Morgan fingerprint density at radius 2 is 1.57 bits per heavy atom. The number of aromatic amines is 1. The zero-order valence-electron chi connectivity index (χ0n) is 45.0. The molecular formula is C59H62F2N9O12P. The molecule has 21 nitrogen and oxygen atoms in total. The fourth-order valence-electron chi connectivity index (χ4n) is 11.2. The molecule has 4 aliphatic rings. The largest absolute Gasteiger partial charge is 0.370 e. The first kappa shape index (κ1) is 59.1. The number of primary amides is 1. The Balaban J connectivity index is 0.877. The van der Waals surface area contributed by atoms with Gasteiger partial charge in [0.2, 0.25) is 41.4 Å². The maximum absolute atomic E-state index is 15.0. The third kappa shape index (κ3) is 13.9. The van der Waals surface area contributed by atoms with Gasteiger partial charge in [-0.05, 0) is 104 Å². The number of carbonyl (C=O) groups is 9. The normalized spacial score (nSPS) is 19.7. The van der Waals surface area contributed by atoms with E-state index in [0.29, 0.717) is 70.8 Å². The molecule has 0 saturated carbocycles. The number of aromatic nitrogens is 1. The summed E-state index contributed by atoms with van der Waals surface area (Å²) in [7, 11) is -4.60. The predicted octanol–water partition coefficient (Wildman–Crippen LogP) is 4.02. The molecule has 0 aliphatic carbocycles. The number of benzene rings is 4. The van der Waals surface area contributed by atoms with Gasteiger partial charge >= 0.3 is 7.60 Å². The number of hydrogen-bond donors (Lipinski definition) is 8. The first-order valence-electron chi connectivity index (χ1n) is 27.4. The molecule has 0 bridgehead atoms. The first-order chi connectivity index (χ1) is 39.7. The number of piperidine rings is 1. The van der Waals surface area contributed by atoms with E-state index in [1.807, 2.05) is 0 Å². The van der Waals surface area contributed by atoms with E-state index in [4.69, 9.17) is 5.73 Å². The third-order valence-corrected chi connectivity index (χ3v) is 16.6. The fourth-order valence-corrected chi connectivity index (χ4v) is 11.8. The SMILES string of the molecule is NC(=O)CC[C@H](NC(=O)[C@@H]1CC[C@@H]2CCN(C(=O)CCCCCC#Cc3cccc4c3CN(C3CCC(=O)NC3=O)C4=O)C[C@H](NC(=O)c3cc4cc(C(F)F)ccc4[nH]3)C(=O)N21)C(=O)NC(c1ccccc1)c1ccc(P(=O)(O)O)cc1. The minimum absolute atomic E-state index is 0.0521. The molecule has 5 heterocycles. The topological polar surface area (TPSA) is 311 Å². The van der Waals surface area contributed by atoms with Gasteiger partial charge in [-0.3, -0.25) is 53.0 Å². The number of fused-ring (bicyclic) bond motifs is 3. The summed E-state index contributed by atoms with van der Waals surface area (Å²) < 4.78 is 39.2. The number of nitrogens with two attached hydrogens (primary N) is 1. The van der Waals surface area contributed by atoms with Crippen molar-refractivity contribution in [3.8, 4) is 11.8 Å². The van der Waals surface area contributed by atoms with Gasteiger partial charge < -0.3 is 51.2 Å². The fraction of sp³-hybridized carbons (Fsp3) is 0.373. The number of unbranched alkanes of at least 4 members (excludes halogenated alkanes) is 3. The number of alkyl halides is 2. The Bertz CT molecular complexity index is 3470. The van der Waals surface area contributed by atoms with Crippen LogP contribution in [0.4, 0.5) is 8.78 Å². The van der Waals surface area contributed by atoms with Crippen LogP contribution in [0.25, 0.3) is 10.9 Å². The minimum Gasteiger partial charge on any atom is -0.370 e. The Morgan fingerprint density at radius 1 is 0.819 bits per heavy atom. The van der Waals surface area contributed by atoms with Crippen molar-refractivity contribution in [2.45, 2.75) is 126 Å². The molecule has 6 atom stereocenters. The van der Waals surface area contributed by atoms with Crippen molar-refractivity contribution in [1.82, 2.24) is 41.0 Å². The smallest absolute Gasteiger partial charge is 0.356 e. The molecule has 4 aromatic carbocycles. The highest BCUT2D eigenvalue weighted by Crippen LogP contribution is 2.35. The Morgan fingerprint density at radius 3 is 2.29 bits per heavy atom. The highest BCUT2D eigenvalue weighted by Gasteiger charge is 2.46. The van der Waals surface area contributed by atoms with Crippen molar-refractivity contribution in [2.24, 2.45) is 5.73 Å². The minimum atomic E-state index is -4.60. The number of imide groups is 1. The molecule has 9 N–H and O–H groups in total. The molecule has 83 heavy (non-hydrogen) atoms. The van der Waals surface area contributed by atoms with E-state index >= 15 is 4.79 Å². The lowest BCUT2D eigenvalue weighted by atomic mass is 9.98. The molecule has 434 valence electrons. The van der Waals surface area contributed by atoms with Crippen LogP contribution in [0.2, 0.25) is 0 Å². The van der Waals surface area contributed by atoms with E-state index in [9.17, 15) is 61.5 Å². The van der Waals surface area contributed by atoms with Crippen LogP contribution in [0.15, 0.2) is 97.1 Å². The highest BCUT2D eigenvalue weighted by atomic mass is 31.2. The second kappa shape index (κ2) is 25.7. The Hall–Kier alpha value is -8.58. The molecule has 9 amide bonds. The van der Waals surface area contributed by atoms with E-state index in [1.165, 1.54) is 63.2 Å². The quantitative estimate of drug-likeness (QED) is 0.0252. The number of nitrogens with zero attached hydrogens (tertiary/aromatic N) is 3. The van der Waals surface area contributed by atoms with Crippen molar-refractivity contribution >= 4 is 77.0 Å². The van der Waals surface area contributed by atoms with Crippen LogP contribution in [0, 0.1) is 11.8 Å². The van der Waals surface area contributed by atoms with Crippen molar-refractivity contribution in [3.63, 3.8) is 0 Å².